The summed E-state index contributed by atoms with van der Waals surface area (Å²) in [7, 11) is 0. The summed E-state index contributed by atoms with van der Waals surface area (Å²) < 4.78 is 0.227. The standard InChI is InChI=1S/C34H63NO6/c1-5-6-7-8-9-10-11-12-13-14-15-16-17-18-19-20-21-22-23-24-25-35(26-29(2)32(36)37,27-30(3)33(38)39)28-31(4)34(40)41/h6-7,29-31H,5,8-28H2,1-4H3,(H2-,36,37,38,39,40,41)/p+1/b7-6+. The minimum atomic E-state index is -0.931. The van der Waals surface area contributed by atoms with E-state index < -0.39 is 35.7 Å². The van der Waals surface area contributed by atoms with E-state index >= 15 is 0 Å². The molecule has 0 aliphatic rings. The lowest BCUT2D eigenvalue weighted by Crippen LogP contribution is -2.57. The molecule has 41 heavy (non-hydrogen) atoms. The van der Waals surface area contributed by atoms with Gasteiger partial charge in [-0.15, -0.1) is 0 Å². The van der Waals surface area contributed by atoms with Gasteiger partial charge < -0.3 is 19.8 Å². The van der Waals surface area contributed by atoms with Gasteiger partial charge in [-0.2, -0.15) is 0 Å². The van der Waals surface area contributed by atoms with E-state index in [-0.39, 0.29) is 24.1 Å². The third-order valence-corrected chi connectivity index (χ3v) is 8.40. The van der Waals surface area contributed by atoms with Crippen molar-refractivity contribution in [3.05, 3.63) is 12.2 Å². The van der Waals surface area contributed by atoms with E-state index in [0.717, 1.165) is 25.7 Å². The Morgan fingerprint density at radius 3 is 1.10 bits per heavy atom. The third-order valence-electron chi connectivity index (χ3n) is 8.40. The molecular formula is C34H64NO6+. The minimum absolute atomic E-state index is 0.227. The molecule has 0 fully saturated rings. The summed E-state index contributed by atoms with van der Waals surface area (Å²) in [5, 5.41) is 28.6. The van der Waals surface area contributed by atoms with Crippen molar-refractivity contribution < 1.29 is 34.2 Å². The van der Waals surface area contributed by atoms with Crippen molar-refractivity contribution in [3.8, 4) is 0 Å². The van der Waals surface area contributed by atoms with Crippen LogP contribution < -0.4 is 0 Å². The molecule has 3 N–H and O–H groups in total. The van der Waals surface area contributed by atoms with E-state index in [4.69, 9.17) is 0 Å². The quantitative estimate of drug-likeness (QED) is 0.0463. The predicted octanol–water partition coefficient (Wildman–Crippen LogP) is 8.56. The highest BCUT2D eigenvalue weighted by molar-refractivity contribution is 5.70. The summed E-state index contributed by atoms with van der Waals surface area (Å²) in [6.07, 6.45) is 27.2. The molecule has 240 valence electrons. The Morgan fingerprint density at radius 1 is 0.512 bits per heavy atom. The van der Waals surface area contributed by atoms with Crippen molar-refractivity contribution in [1.29, 1.82) is 0 Å². The zero-order valence-electron chi connectivity index (χ0n) is 27.0. The molecule has 0 aromatic carbocycles. The summed E-state index contributed by atoms with van der Waals surface area (Å²) >= 11 is 0. The molecule has 3 unspecified atom stereocenters. The van der Waals surface area contributed by atoms with E-state index in [9.17, 15) is 29.7 Å². The molecule has 0 aromatic heterocycles. The summed E-state index contributed by atoms with van der Waals surface area (Å²) in [6.45, 7) is 8.43. The van der Waals surface area contributed by atoms with E-state index in [1.807, 2.05) is 0 Å². The maximum atomic E-state index is 11.6. The summed E-state index contributed by atoms with van der Waals surface area (Å²) in [6, 6.07) is 0. The second kappa shape index (κ2) is 24.7. The van der Waals surface area contributed by atoms with Crippen molar-refractivity contribution >= 4 is 17.9 Å². The van der Waals surface area contributed by atoms with Crippen LogP contribution in [0.4, 0.5) is 0 Å². The first kappa shape index (κ1) is 39.1. The average molecular weight is 583 g/mol. The SMILES string of the molecule is CC/C=C/CCCCCCCCCCCCCCCCCC[N+](CC(C)C(=O)O)(CC(C)C(=O)O)CC(C)C(=O)O. The highest BCUT2D eigenvalue weighted by Gasteiger charge is 2.38. The van der Waals surface area contributed by atoms with Crippen molar-refractivity contribution in [3.63, 3.8) is 0 Å². The number of carbonyl (C=O) groups is 3. The van der Waals surface area contributed by atoms with Crippen LogP contribution in [-0.2, 0) is 14.4 Å². The average Bonchev–Trinajstić information content (AvgIpc) is 2.91. The Labute approximate surface area is 251 Å². The van der Waals surface area contributed by atoms with Crippen LogP contribution in [0.5, 0.6) is 0 Å². The highest BCUT2D eigenvalue weighted by atomic mass is 16.4. The Hall–Kier alpha value is -1.89. The summed E-state index contributed by atoms with van der Waals surface area (Å²) in [5.41, 5.74) is 0. The van der Waals surface area contributed by atoms with Crippen LogP contribution in [0, 0.1) is 17.8 Å². The summed E-state index contributed by atoms with van der Waals surface area (Å²) in [5.74, 6) is -4.79. The normalized spacial score (nSPS) is 15.4. The number of allylic oxidation sites excluding steroid dienone is 2. The predicted molar refractivity (Wildman–Crippen MR) is 168 cm³/mol. The fourth-order valence-corrected chi connectivity index (χ4v) is 5.94. The lowest BCUT2D eigenvalue weighted by atomic mass is 10.00. The summed E-state index contributed by atoms with van der Waals surface area (Å²) in [4.78, 5) is 34.9. The second-order valence-electron chi connectivity index (χ2n) is 12.7. The number of hydrogen-bond donors (Lipinski definition) is 3. The maximum Gasteiger partial charge on any atom is 0.311 e. The van der Waals surface area contributed by atoms with Gasteiger partial charge in [0.25, 0.3) is 0 Å². The van der Waals surface area contributed by atoms with E-state index in [1.54, 1.807) is 20.8 Å². The molecule has 0 saturated carbocycles. The Kier molecular flexibility index (Phi) is 23.5. The fraction of sp³-hybridized carbons (Fsp3) is 0.853. The van der Waals surface area contributed by atoms with E-state index in [0.29, 0.717) is 6.54 Å². The van der Waals surface area contributed by atoms with Gasteiger partial charge in [0.1, 0.15) is 17.8 Å². The zero-order chi connectivity index (χ0) is 30.9. The molecule has 0 aliphatic carbocycles. The molecule has 7 heteroatoms. The number of carboxylic acid groups (broad SMARTS) is 3. The Morgan fingerprint density at radius 2 is 0.805 bits per heavy atom. The fourth-order valence-electron chi connectivity index (χ4n) is 5.94. The van der Waals surface area contributed by atoms with Crippen LogP contribution in [-0.4, -0.2) is 63.9 Å². The first-order chi connectivity index (χ1) is 19.5. The van der Waals surface area contributed by atoms with Gasteiger partial charge in [0.05, 0.1) is 26.2 Å². The topological polar surface area (TPSA) is 112 Å². The van der Waals surface area contributed by atoms with Gasteiger partial charge in [-0.3, -0.25) is 14.4 Å². The van der Waals surface area contributed by atoms with Crippen LogP contribution >= 0.6 is 0 Å². The molecule has 0 aromatic rings. The number of quaternary nitrogens is 1. The number of rotatable bonds is 29. The van der Waals surface area contributed by atoms with Gasteiger partial charge in [-0.05, 0) is 52.9 Å². The molecule has 0 spiro atoms. The second-order valence-corrected chi connectivity index (χ2v) is 12.7. The van der Waals surface area contributed by atoms with Crippen molar-refractivity contribution in [1.82, 2.24) is 0 Å². The molecule has 0 aliphatic heterocycles. The van der Waals surface area contributed by atoms with Crippen molar-refractivity contribution in [2.24, 2.45) is 17.8 Å². The molecule has 0 rings (SSSR count). The van der Waals surface area contributed by atoms with Crippen molar-refractivity contribution in [2.45, 2.75) is 143 Å². The number of hydrogen-bond acceptors (Lipinski definition) is 3. The highest BCUT2D eigenvalue weighted by Crippen LogP contribution is 2.22. The number of unbranched alkanes of at least 4 members (excludes halogenated alkanes) is 16. The number of carboxylic acids is 3. The van der Waals surface area contributed by atoms with Gasteiger partial charge in [0.15, 0.2) is 0 Å². The molecular weight excluding hydrogens is 518 g/mol. The third kappa shape index (κ3) is 21.5. The van der Waals surface area contributed by atoms with Gasteiger partial charge in [0, 0.05) is 0 Å². The zero-order valence-corrected chi connectivity index (χ0v) is 27.0. The van der Waals surface area contributed by atoms with E-state index in [1.165, 1.54) is 89.9 Å². The Balaban J connectivity index is 4.21. The van der Waals surface area contributed by atoms with Gasteiger partial charge in [-0.25, -0.2) is 0 Å². The smallest absolute Gasteiger partial charge is 0.311 e. The first-order valence-electron chi connectivity index (χ1n) is 16.7. The molecule has 0 heterocycles. The van der Waals surface area contributed by atoms with E-state index in [2.05, 4.69) is 19.1 Å². The van der Waals surface area contributed by atoms with Crippen LogP contribution in [0.3, 0.4) is 0 Å². The molecule has 0 saturated heterocycles. The molecule has 0 amide bonds. The molecule has 0 radical (unpaired) electrons. The van der Waals surface area contributed by atoms with Crippen LogP contribution in [0.2, 0.25) is 0 Å². The van der Waals surface area contributed by atoms with Gasteiger partial charge in [-0.1, -0.05) is 103 Å². The molecule has 7 nitrogen and oxygen atoms in total. The van der Waals surface area contributed by atoms with Crippen LogP contribution in [0.1, 0.15) is 143 Å². The van der Waals surface area contributed by atoms with Gasteiger partial charge >= 0.3 is 17.9 Å². The lowest BCUT2D eigenvalue weighted by Gasteiger charge is -2.42. The van der Waals surface area contributed by atoms with Crippen LogP contribution in [0.15, 0.2) is 12.2 Å². The first-order valence-corrected chi connectivity index (χ1v) is 16.7. The lowest BCUT2D eigenvalue weighted by molar-refractivity contribution is -0.934. The molecule has 0 bridgehead atoms. The molecule has 3 atom stereocenters. The largest absolute Gasteiger partial charge is 0.481 e. The van der Waals surface area contributed by atoms with Gasteiger partial charge in [0.2, 0.25) is 0 Å². The minimum Gasteiger partial charge on any atom is -0.481 e. The maximum absolute atomic E-state index is 11.6. The van der Waals surface area contributed by atoms with Crippen molar-refractivity contribution in [2.75, 3.05) is 26.2 Å². The number of nitrogens with zero attached hydrogens (tertiary/aromatic N) is 1. The number of aliphatic carboxylic acids is 3. The van der Waals surface area contributed by atoms with Crippen LogP contribution in [0.25, 0.3) is 0 Å². The Bertz CT molecular complexity index is 667. The monoisotopic (exact) mass is 582 g/mol.